The van der Waals surface area contributed by atoms with Crippen molar-refractivity contribution in [2.45, 2.75) is 0 Å². The number of hydrogen-bond acceptors (Lipinski definition) is 14. The van der Waals surface area contributed by atoms with Crippen LogP contribution in [0.2, 0.25) is 0 Å². The van der Waals surface area contributed by atoms with Crippen molar-refractivity contribution in [3.63, 3.8) is 0 Å². The molecule has 0 atom stereocenters. The van der Waals surface area contributed by atoms with Gasteiger partial charge in [0, 0.05) is 82.6 Å². The van der Waals surface area contributed by atoms with Crippen LogP contribution in [0.1, 0.15) is 5.56 Å². The SMILES string of the molecule is Cn1[c-]c(-c2nc3c(ccn3-c3cccc(-n4[c-]ccc4)n3)o2)c2ccccc21.Cn1cc(-c2cccc(N(CN=Cc3coc4oc[c-]c34)c3ccccc3)n2)c2[cH-]c[n+](C)c21.[Ni+2].[Ni+2].[Ni+2].[Ni+2].[c-]1ccccc1-c1cccc(-n2c3ccccc3c3ccc(-c4[c-]cccc4)nc32)n1.[c-]1coc2cccc(-c3cccc(N(c4ccccc4)c4cccc(-n5ccc6ccc[c-]c65)n4)n3)c12. The normalized spacial score (nSPS) is 11.1. The molecule has 25 heteroatoms. The first-order chi connectivity index (χ1) is 64.7. The second-order valence-corrected chi connectivity index (χ2v) is 30.9. The Morgan fingerprint density at radius 2 is 1.10 bits per heavy atom. The average molecular weight is 1930 g/mol. The van der Waals surface area contributed by atoms with E-state index in [2.05, 4.69) is 199 Å². The van der Waals surface area contributed by atoms with Crippen LogP contribution in [-0.2, 0) is 87.1 Å². The monoisotopic (exact) mass is 1930 g/mol. The number of furan rings is 3. The first-order valence-corrected chi connectivity index (χ1v) is 42.4. The van der Waals surface area contributed by atoms with Gasteiger partial charge < -0.3 is 45.4 Å². The summed E-state index contributed by atoms with van der Waals surface area (Å²) in [5.74, 6) is 6.55. The van der Waals surface area contributed by atoms with Crippen molar-refractivity contribution >= 4 is 123 Å². The van der Waals surface area contributed by atoms with E-state index < -0.39 is 0 Å². The number of aryl methyl sites for hydroxylation is 3. The second-order valence-electron chi connectivity index (χ2n) is 30.9. The number of para-hydroxylation sites is 5. The topological polar surface area (TPSA) is 195 Å². The van der Waals surface area contributed by atoms with Gasteiger partial charge >= 0.3 is 66.0 Å². The summed E-state index contributed by atoms with van der Waals surface area (Å²) in [6.45, 7) is 0.389. The van der Waals surface area contributed by atoms with Gasteiger partial charge in [0.15, 0.2) is 22.7 Å². The van der Waals surface area contributed by atoms with Crippen LogP contribution < -0.4 is 14.4 Å². The van der Waals surface area contributed by atoms with Gasteiger partial charge in [-0.2, -0.15) is 30.3 Å². The van der Waals surface area contributed by atoms with E-state index in [0.717, 1.165) is 180 Å². The molecule has 21 nitrogen and oxygen atoms in total. The molecule has 17 heterocycles. The third-order valence-corrected chi connectivity index (χ3v) is 22.8. The Kier molecular flexibility index (Phi) is 26.3. The molecule has 0 bridgehead atoms. The molecule has 0 saturated heterocycles. The van der Waals surface area contributed by atoms with Crippen LogP contribution in [0.3, 0.4) is 0 Å². The maximum Gasteiger partial charge on any atom is 2.00 e. The molecule has 0 aliphatic heterocycles. The van der Waals surface area contributed by atoms with Crippen molar-refractivity contribution in [3.8, 4) is 79.8 Å². The second kappa shape index (κ2) is 39.6. The minimum absolute atomic E-state index is 0. The van der Waals surface area contributed by atoms with E-state index in [-0.39, 0.29) is 66.0 Å². The van der Waals surface area contributed by atoms with Gasteiger partial charge in [0.25, 0.3) is 0 Å². The maximum absolute atomic E-state index is 6.06. The van der Waals surface area contributed by atoms with E-state index in [1.807, 2.05) is 270 Å². The third-order valence-electron chi connectivity index (χ3n) is 22.8. The van der Waals surface area contributed by atoms with Gasteiger partial charge in [-0.05, 0) is 110 Å². The first kappa shape index (κ1) is 89.6. The molecule has 25 rings (SSSR count). The van der Waals surface area contributed by atoms with E-state index in [1.165, 1.54) is 11.6 Å². The van der Waals surface area contributed by atoms with Crippen molar-refractivity contribution in [3.05, 3.63) is 426 Å². The molecule has 0 aliphatic rings. The fraction of sp³-hybridized carbons (Fsp3) is 0.0364. The summed E-state index contributed by atoms with van der Waals surface area (Å²) in [6.07, 6.45) is 23.0. The summed E-state index contributed by atoms with van der Waals surface area (Å²) in [6, 6.07) is 125. The van der Waals surface area contributed by atoms with Crippen molar-refractivity contribution in [1.82, 2.24) is 62.3 Å². The summed E-state index contributed by atoms with van der Waals surface area (Å²) in [5, 5.41) is 7.32. The standard InChI is InChI=1S/C32H20N4O.C28H17N3.C27H22N5O2.C23H15N5O.4Ni/c1-2-10-24(11-3-1)36(31-17-7-13-27(33-31)25-12-6-15-29-26(25)20-22-37-29)32-18-8-16-30(34-32)35-21-19-23-9-4-5-14-28(23)35;1-3-10-20(11-4-1)24-15-9-17-27(29-24)31-26-16-8-7-14-22(26)23-18-19-25(30-28(23)31)21-12-5-2-6-13-21;1-30-13-11-22-23(16-31(2)26(22)30)24-9-6-10-25(29-24)32(20-7-4-3-5-8-20)18-28-15-19-17-34-27-21(19)12-14-33-27;1-26-15-17(16-7-2-3-8-18(16)26)23-25-22-19(29-23)11-14-28(22)21-10-6-9-20(24-21)27-12-4-5-13-27;;;;/h1-13,15-19,21-22H;1-10,12,14-19H;3-11,13-17H,18H2,1-2H3;2-12,14H,1H3;;;;/q2*-2;-1;-2;4*+2. The van der Waals surface area contributed by atoms with Crippen LogP contribution in [0, 0.1) is 42.7 Å². The zero-order chi connectivity index (χ0) is 87.7. The number of aromatic nitrogens is 14. The predicted octanol–water partition coefficient (Wildman–Crippen LogP) is 24.1. The average Bonchev–Trinajstić information content (AvgIpc) is 1.59. The maximum atomic E-state index is 6.06. The molecule has 135 heavy (non-hydrogen) atoms. The van der Waals surface area contributed by atoms with Crippen LogP contribution >= 0.6 is 0 Å². The van der Waals surface area contributed by atoms with Crippen LogP contribution in [0.4, 0.5) is 28.8 Å². The van der Waals surface area contributed by atoms with Crippen LogP contribution in [0.5, 0.6) is 0 Å². The summed E-state index contributed by atoms with van der Waals surface area (Å²) in [7, 11) is 6.09. The predicted molar refractivity (Wildman–Crippen MR) is 513 cm³/mol. The fourth-order valence-corrected chi connectivity index (χ4v) is 16.7. The van der Waals surface area contributed by atoms with Gasteiger partial charge in [-0.1, -0.05) is 202 Å². The Morgan fingerprint density at radius 3 is 1.88 bits per heavy atom. The molecule has 0 saturated carbocycles. The molecule has 0 radical (unpaired) electrons. The summed E-state index contributed by atoms with van der Waals surface area (Å²) < 4.78 is 36.5. The van der Waals surface area contributed by atoms with E-state index in [1.54, 1.807) is 18.7 Å². The molecule has 8 aromatic carbocycles. The Morgan fingerprint density at radius 1 is 0.452 bits per heavy atom. The summed E-state index contributed by atoms with van der Waals surface area (Å²) in [5.41, 5.74) is 18.6. The van der Waals surface area contributed by atoms with Gasteiger partial charge in [-0.15, -0.1) is 131 Å². The molecule has 17 aromatic heterocycles. The largest absolute Gasteiger partial charge is 2.00 e. The molecule has 0 unspecified atom stereocenters. The molecule has 0 aliphatic carbocycles. The van der Waals surface area contributed by atoms with Crippen LogP contribution in [0.25, 0.3) is 168 Å². The zero-order valence-electron chi connectivity index (χ0n) is 72.1. The fourth-order valence-electron chi connectivity index (χ4n) is 16.7. The third kappa shape index (κ3) is 17.8. The van der Waals surface area contributed by atoms with Gasteiger partial charge in [-0.3, -0.25) is 34.0 Å². The Labute approximate surface area is 815 Å². The van der Waals surface area contributed by atoms with Crippen molar-refractivity contribution in [2.75, 3.05) is 16.5 Å². The number of rotatable bonds is 17. The summed E-state index contributed by atoms with van der Waals surface area (Å²) >= 11 is 0. The number of fused-ring (bicyclic) bond motifs is 9. The summed E-state index contributed by atoms with van der Waals surface area (Å²) in [4.78, 5) is 43.6. The zero-order valence-corrected chi connectivity index (χ0v) is 76.0. The Balaban J connectivity index is 0.000000119. The van der Waals surface area contributed by atoms with E-state index in [0.29, 0.717) is 23.9 Å². The van der Waals surface area contributed by atoms with Gasteiger partial charge in [0.2, 0.25) is 0 Å². The smallest absolute Gasteiger partial charge is 0.535 e. The molecule has 0 spiro atoms. The van der Waals surface area contributed by atoms with Crippen molar-refractivity contribution in [2.24, 2.45) is 26.1 Å². The van der Waals surface area contributed by atoms with E-state index in [4.69, 9.17) is 52.6 Å². The van der Waals surface area contributed by atoms with Crippen molar-refractivity contribution < 1.29 is 88.2 Å². The Hall–Kier alpha value is -16.0. The molecular formula is C110H74N17Ni4O4+. The number of benzene rings is 8. The number of hydrogen-bond donors (Lipinski definition) is 0. The minimum Gasteiger partial charge on any atom is -0.535 e. The van der Waals surface area contributed by atoms with E-state index in [9.17, 15) is 0 Å². The van der Waals surface area contributed by atoms with Crippen LogP contribution in [-0.4, -0.2) is 75.2 Å². The molecule has 25 aromatic rings. The molecule has 0 amide bonds. The molecule has 0 N–H and O–H groups in total. The quantitative estimate of drug-likeness (QED) is 0.0362. The van der Waals surface area contributed by atoms with Gasteiger partial charge in [0.05, 0.1) is 25.4 Å². The van der Waals surface area contributed by atoms with E-state index >= 15 is 0 Å². The number of nitrogens with zero attached hydrogens (tertiary/aromatic N) is 17. The number of aliphatic imine (C=N–C) groups is 1. The van der Waals surface area contributed by atoms with Crippen molar-refractivity contribution in [1.29, 1.82) is 0 Å². The number of pyridine rings is 6. The minimum atomic E-state index is 0. The Bertz CT molecular complexity index is 8440. The molecule has 0 fully saturated rings. The first-order valence-electron chi connectivity index (χ1n) is 42.4. The van der Waals surface area contributed by atoms with Gasteiger partial charge in [0.1, 0.15) is 53.1 Å². The number of anilines is 5. The van der Waals surface area contributed by atoms with Gasteiger partial charge in [-0.25, -0.2) is 19.9 Å². The van der Waals surface area contributed by atoms with Crippen LogP contribution in [0.15, 0.2) is 400 Å². The number of oxazole rings is 1. The molecular weight excluding hydrogens is 1860 g/mol. The molecule has 662 valence electrons.